The Kier molecular flexibility index (Phi) is 8.00. The number of halogens is 17. The molecule has 0 fully saturated rings. The van der Waals surface area contributed by atoms with Crippen molar-refractivity contribution >= 4 is 8.56 Å². The van der Waals surface area contributed by atoms with E-state index in [0.717, 1.165) is 0 Å². The molecule has 1 atom stereocenters. The summed E-state index contributed by atoms with van der Waals surface area (Å²) >= 11 is 0. The van der Waals surface area contributed by atoms with E-state index < -0.39 is 68.7 Å². The highest BCUT2D eigenvalue weighted by Crippen LogP contribution is 2.64. The third-order valence-corrected chi connectivity index (χ3v) is 7.65. The standard InChI is InChI=1S/C13H13F17O2Si/c1-5(14)6(15,16)7(17,18)8(19,20)9(21,22)10(23,24)11(25,26)12(27,28)13(29,30)33(4,31-2)32-3/h5H,1-4H3. The van der Waals surface area contributed by atoms with Crippen molar-refractivity contribution in [1.82, 2.24) is 0 Å². The van der Waals surface area contributed by atoms with E-state index in [4.69, 9.17) is 0 Å². The molecule has 0 aromatic rings. The van der Waals surface area contributed by atoms with Gasteiger partial charge in [-0.05, 0) is 13.5 Å². The van der Waals surface area contributed by atoms with Gasteiger partial charge in [-0.3, -0.25) is 0 Å². The quantitative estimate of drug-likeness (QED) is 0.221. The molecule has 33 heavy (non-hydrogen) atoms. The van der Waals surface area contributed by atoms with E-state index in [1.165, 1.54) is 0 Å². The highest BCUT2D eigenvalue weighted by Gasteiger charge is 2.96. The Morgan fingerprint density at radius 3 is 1.00 bits per heavy atom. The Balaban J connectivity index is 7.00. The average molecular weight is 552 g/mol. The topological polar surface area (TPSA) is 18.5 Å². The second-order valence-corrected chi connectivity index (χ2v) is 9.95. The van der Waals surface area contributed by atoms with Crippen LogP contribution in [-0.4, -0.2) is 76.0 Å². The summed E-state index contributed by atoms with van der Waals surface area (Å²) in [5.74, 6) is -56.6. The monoisotopic (exact) mass is 552 g/mol. The fourth-order valence-electron chi connectivity index (χ4n) is 2.07. The van der Waals surface area contributed by atoms with E-state index >= 15 is 0 Å². The zero-order valence-corrected chi connectivity index (χ0v) is 17.3. The maximum absolute atomic E-state index is 14.0. The average Bonchev–Trinajstić information content (AvgIpc) is 2.65. The van der Waals surface area contributed by atoms with Gasteiger partial charge in [0.15, 0.2) is 6.17 Å². The molecule has 0 spiro atoms. The van der Waals surface area contributed by atoms with Crippen molar-refractivity contribution in [2.24, 2.45) is 0 Å². The van der Waals surface area contributed by atoms with Crippen molar-refractivity contribution in [2.45, 2.75) is 66.6 Å². The van der Waals surface area contributed by atoms with E-state index in [1.54, 1.807) is 0 Å². The molecule has 0 bridgehead atoms. The van der Waals surface area contributed by atoms with Gasteiger partial charge in [0.25, 0.3) is 0 Å². The SMILES string of the molecule is CO[Si](C)(OC)C(F)(F)C(F)(F)C(F)(F)C(F)(F)C(F)(F)C(F)(F)C(F)(F)C(F)(F)C(C)F. The van der Waals surface area contributed by atoms with Crippen LogP contribution in [0.4, 0.5) is 74.6 Å². The van der Waals surface area contributed by atoms with Gasteiger partial charge in [0.1, 0.15) is 0 Å². The second kappa shape index (κ2) is 8.27. The molecule has 0 saturated heterocycles. The summed E-state index contributed by atoms with van der Waals surface area (Å²) in [7, 11) is -5.89. The molecule has 20 heteroatoms. The predicted molar refractivity (Wildman–Crippen MR) is 75.8 cm³/mol. The minimum atomic E-state index is -8.59. The molecular weight excluding hydrogens is 539 g/mol. The van der Waals surface area contributed by atoms with Crippen molar-refractivity contribution in [2.75, 3.05) is 14.2 Å². The van der Waals surface area contributed by atoms with Crippen LogP contribution in [0.5, 0.6) is 0 Å². The largest absolute Gasteiger partial charge is 0.418 e. The molecule has 1 unspecified atom stereocenters. The molecule has 0 aliphatic carbocycles. The number of rotatable bonds is 11. The van der Waals surface area contributed by atoms with Crippen LogP contribution in [0.3, 0.4) is 0 Å². The van der Waals surface area contributed by atoms with Gasteiger partial charge in [0, 0.05) is 14.2 Å². The molecule has 200 valence electrons. The summed E-state index contributed by atoms with van der Waals surface area (Å²) in [6.07, 6.45) is -4.50. The third-order valence-electron chi connectivity index (χ3n) is 4.63. The fraction of sp³-hybridized carbons (Fsp3) is 1.00. The second-order valence-electron chi connectivity index (χ2n) is 6.61. The molecule has 0 heterocycles. The zero-order chi connectivity index (χ0) is 27.5. The van der Waals surface area contributed by atoms with Gasteiger partial charge < -0.3 is 8.85 Å². The van der Waals surface area contributed by atoms with E-state index in [2.05, 4.69) is 8.85 Å². The van der Waals surface area contributed by atoms with Gasteiger partial charge in [-0.2, -0.15) is 70.2 Å². The minimum Gasteiger partial charge on any atom is -0.394 e. The normalized spacial score (nSPS) is 17.4. The van der Waals surface area contributed by atoms with Crippen LogP contribution in [0.25, 0.3) is 0 Å². The minimum absolute atomic E-state index is 0.0967. The Hall–Kier alpha value is -1.05. The van der Waals surface area contributed by atoms with Gasteiger partial charge in [-0.15, -0.1) is 0 Å². The van der Waals surface area contributed by atoms with Crippen LogP contribution in [0.15, 0.2) is 0 Å². The summed E-state index contributed by atoms with van der Waals surface area (Å²) in [6, 6.07) is 0. The van der Waals surface area contributed by atoms with Gasteiger partial charge in [0.2, 0.25) is 0 Å². The van der Waals surface area contributed by atoms with E-state index in [9.17, 15) is 74.6 Å². The summed E-state index contributed by atoms with van der Waals surface area (Å²) in [5.41, 5.74) is -6.65. The van der Waals surface area contributed by atoms with E-state index in [-0.39, 0.29) is 20.8 Å². The summed E-state index contributed by atoms with van der Waals surface area (Å²) in [4.78, 5) is 0. The van der Waals surface area contributed by atoms with Crippen LogP contribution in [0.1, 0.15) is 6.92 Å². The Morgan fingerprint density at radius 1 is 0.515 bits per heavy atom. The molecule has 0 aliphatic rings. The van der Waals surface area contributed by atoms with E-state index in [1.807, 2.05) is 0 Å². The zero-order valence-electron chi connectivity index (χ0n) is 16.3. The summed E-state index contributed by atoms with van der Waals surface area (Å²) in [6.45, 7) is -0.830. The van der Waals surface area contributed by atoms with Crippen molar-refractivity contribution < 1.29 is 83.5 Å². The Bertz CT molecular complexity index is 658. The van der Waals surface area contributed by atoms with Crippen molar-refractivity contribution in [1.29, 1.82) is 0 Å². The molecule has 0 aromatic carbocycles. The molecular formula is C13H13F17O2Si. The van der Waals surface area contributed by atoms with Crippen LogP contribution < -0.4 is 0 Å². The molecule has 0 rings (SSSR count). The first-order valence-corrected chi connectivity index (χ1v) is 10.1. The summed E-state index contributed by atoms with van der Waals surface area (Å²) in [5, 5.41) is 0. The van der Waals surface area contributed by atoms with E-state index in [0.29, 0.717) is 0 Å². The summed E-state index contributed by atoms with van der Waals surface area (Å²) < 4.78 is 237. The van der Waals surface area contributed by atoms with Gasteiger partial charge in [-0.25, -0.2) is 4.39 Å². The number of hydrogen-bond donors (Lipinski definition) is 0. The smallest absolute Gasteiger partial charge is 0.394 e. The lowest BCUT2D eigenvalue weighted by molar-refractivity contribution is -0.452. The molecule has 0 N–H and O–H groups in total. The van der Waals surface area contributed by atoms with Crippen LogP contribution in [0, 0.1) is 0 Å². The number of alkyl halides is 17. The first-order valence-electron chi connectivity index (χ1n) is 7.83. The fourth-order valence-corrected chi connectivity index (χ4v) is 3.48. The lowest BCUT2D eigenvalue weighted by atomic mass is 9.88. The molecule has 2 nitrogen and oxygen atoms in total. The molecule has 0 aliphatic heterocycles. The van der Waals surface area contributed by atoms with Crippen LogP contribution in [0.2, 0.25) is 6.55 Å². The third kappa shape index (κ3) is 3.77. The van der Waals surface area contributed by atoms with Crippen molar-refractivity contribution in [3.05, 3.63) is 0 Å². The maximum atomic E-state index is 14.0. The Labute approximate surface area is 174 Å². The Morgan fingerprint density at radius 2 is 0.758 bits per heavy atom. The van der Waals surface area contributed by atoms with Crippen LogP contribution >= 0.6 is 0 Å². The maximum Gasteiger partial charge on any atom is 0.418 e. The highest BCUT2D eigenvalue weighted by molar-refractivity contribution is 6.68. The molecule has 0 aromatic heterocycles. The lowest BCUT2D eigenvalue weighted by Crippen LogP contribution is -2.77. The van der Waals surface area contributed by atoms with Crippen molar-refractivity contribution in [3.63, 3.8) is 0 Å². The molecule has 0 radical (unpaired) electrons. The highest BCUT2D eigenvalue weighted by atomic mass is 28.4. The molecule has 0 amide bonds. The molecule has 0 saturated carbocycles. The van der Waals surface area contributed by atoms with Gasteiger partial charge in [0.05, 0.1) is 0 Å². The van der Waals surface area contributed by atoms with Crippen molar-refractivity contribution in [3.8, 4) is 0 Å². The van der Waals surface area contributed by atoms with Gasteiger partial charge in [-0.1, -0.05) is 0 Å². The van der Waals surface area contributed by atoms with Gasteiger partial charge >= 0.3 is 55.6 Å². The van der Waals surface area contributed by atoms with Crippen LogP contribution in [-0.2, 0) is 8.85 Å². The lowest BCUT2D eigenvalue weighted by Gasteiger charge is -2.45. The first-order chi connectivity index (χ1) is 14.1. The number of hydrogen-bond acceptors (Lipinski definition) is 2. The first kappa shape index (κ1) is 31.9. The predicted octanol–water partition coefficient (Wildman–Crippen LogP) is 6.33.